The Balaban J connectivity index is 1.91. The molecule has 6 heteroatoms. The second kappa shape index (κ2) is 3.31. The predicted molar refractivity (Wildman–Crippen MR) is 45.8 cm³/mol. The van der Waals surface area contributed by atoms with Crippen LogP contribution in [0.4, 0.5) is 5.95 Å². The number of nitrogens with one attached hydrogen (secondary N) is 2. The van der Waals surface area contributed by atoms with Crippen molar-refractivity contribution in [1.29, 1.82) is 0 Å². The van der Waals surface area contributed by atoms with Gasteiger partial charge in [-0.25, -0.2) is 9.97 Å². The fourth-order valence-corrected chi connectivity index (χ4v) is 1.24. The summed E-state index contributed by atoms with van der Waals surface area (Å²) in [5, 5.41) is 3.04. The Morgan fingerprint density at radius 2 is 2.50 bits per heavy atom. The molecule has 0 aliphatic heterocycles. The highest BCUT2D eigenvalue weighted by Gasteiger charge is 1.96. The lowest BCUT2D eigenvalue weighted by Crippen LogP contribution is -2.01. The molecule has 0 aliphatic rings. The smallest absolute Gasteiger partial charge is 0.200 e. The molecule has 0 radical (unpaired) electrons. The van der Waals surface area contributed by atoms with Gasteiger partial charge in [-0.05, 0) is 11.5 Å². The average Bonchev–Trinajstić information content (AvgIpc) is 2.74. The quantitative estimate of drug-likeness (QED) is 0.737. The van der Waals surface area contributed by atoms with Gasteiger partial charge in [0.2, 0.25) is 0 Å². The van der Waals surface area contributed by atoms with Gasteiger partial charge in [-0.15, -0.1) is 0 Å². The fraction of sp³-hybridized carbons (Fsp3) is 0.167. The van der Waals surface area contributed by atoms with Gasteiger partial charge < -0.3 is 10.3 Å². The van der Waals surface area contributed by atoms with Crippen molar-refractivity contribution in [1.82, 2.24) is 19.3 Å². The third kappa shape index (κ3) is 1.59. The monoisotopic (exact) mass is 181 g/mol. The first-order valence-electron chi connectivity index (χ1n) is 3.43. The summed E-state index contributed by atoms with van der Waals surface area (Å²) in [5.74, 6) is 1.53. The van der Waals surface area contributed by atoms with E-state index in [2.05, 4.69) is 24.6 Å². The largest absolute Gasteiger partial charge is 0.348 e. The van der Waals surface area contributed by atoms with Gasteiger partial charge in [-0.1, -0.05) is 0 Å². The van der Waals surface area contributed by atoms with E-state index in [9.17, 15) is 0 Å². The molecule has 0 spiro atoms. The maximum Gasteiger partial charge on any atom is 0.200 e. The number of hydrogen-bond donors (Lipinski definition) is 2. The topological polar surface area (TPSA) is 66.5 Å². The number of aromatic nitrogens is 4. The molecular weight excluding hydrogens is 174 g/mol. The Morgan fingerprint density at radius 3 is 3.17 bits per heavy atom. The number of aromatic amines is 1. The first-order valence-corrected chi connectivity index (χ1v) is 4.27. The van der Waals surface area contributed by atoms with E-state index in [-0.39, 0.29) is 0 Å². The predicted octanol–water partition coefficient (Wildman–Crippen LogP) is 0.873. The maximum atomic E-state index is 4.04. The summed E-state index contributed by atoms with van der Waals surface area (Å²) in [6.45, 7) is 0.608. The van der Waals surface area contributed by atoms with Crippen LogP contribution in [0.1, 0.15) is 5.82 Å². The van der Waals surface area contributed by atoms with Crippen LogP contribution in [0.2, 0.25) is 0 Å². The van der Waals surface area contributed by atoms with Crippen molar-refractivity contribution in [3.8, 4) is 0 Å². The molecule has 0 atom stereocenters. The average molecular weight is 181 g/mol. The molecule has 2 rings (SSSR count). The van der Waals surface area contributed by atoms with Gasteiger partial charge in [0.05, 0.1) is 6.54 Å². The second-order valence-corrected chi connectivity index (χ2v) is 2.74. The van der Waals surface area contributed by atoms with Gasteiger partial charge in [0.25, 0.3) is 0 Å². The fourth-order valence-electron chi connectivity index (χ4n) is 0.795. The van der Waals surface area contributed by atoms with Gasteiger partial charge in [0, 0.05) is 12.4 Å². The molecule has 0 amide bonds. The Morgan fingerprint density at radius 1 is 1.50 bits per heavy atom. The molecule has 0 bridgehead atoms. The second-order valence-electron chi connectivity index (χ2n) is 2.14. The molecule has 2 aromatic rings. The lowest BCUT2D eigenvalue weighted by molar-refractivity contribution is 0.988. The van der Waals surface area contributed by atoms with Crippen LogP contribution in [0, 0.1) is 0 Å². The number of anilines is 1. The Labute approximate surface area is 73.1 Å². The highest BCUT2D eigenvalue weighted by atomic mass is 32.1. The minimum atomic E-state index is 0.608. The number of rotatable bonds is 3. The van der Waals surface area contributed by atoms with Gasteiger partial charge in [0.1, 0.15) is 5.51 Å². The van der Waals surface area contributed by atoms with Crippen LogP contribution in [0.3, 0.4) is 0 Å². The molecule has 0 saturated carbocycles. The van der Waals surface area contributed by atoms with E-state index in [1.165, 1.54) is 11.5 Å². The van der Waals surface area contributed by atoms with Crippen molar-refractivity contribution >= 4 is 17.5 Å². The van der Waals surface area contributed by atoms with Crippen molar-refractivity contribution in [3.63, 3.8) is 0 Å². The highest BCUT2D eigenvalue weighted by molar-refractivity contribution is 7.03. The third-order valence-electron chi connectivity index (χ3n) is 1.32. The molecule has 2 aromatic heterocycles. The molecule has 0 saturated heterocycles. The molecule has 0 unspecified atom stereocenters. The van der Waals surface area contributed by atoms with E-state index in [0.29, 0.717) is 6.54 Å². The van der Waals surface area contributed by atoms with E-state index in [1.54, 1.807) is 17.9 Å². The summed E-state index contributed by atoms with van der Waals surface area (Å²) in [6, 6.07) is 0. The van der Waals surface area contributed by atoms with Crippen molar-refractivity contribution in [2.45, 2.75) is 6.54 Å². The molecule has 0 fully saturated rings. The number of H-pyrrole nitrogens is 1. The van der Waals surface area contributed by atoms with E-state index < -0.39 is 0 Å². The Hall–Kier alpha value is -1.43. The van der Waals surface area contributed by atoms with Gasteiger partial charge >= 0.3 is 0 Å². The molecule has 5 nitrogen and oxygen atoms in total. The van der Waals surface area contributed by atoms with Crippen LogP contribution in [-0.2, 0) is 6.54 Å². The van der Waals surface area contributed by atoms with Gasteiger partial charge in [0.15, 0.2) is 11.8 Å². The molecule has 0 aliphatic carbocycles. The van der Waals surface area contributed by atoms with Crippen LogP contribution >= 0.6 is 11.5 Å². The van der Waals surface area contributed by atoms with E-state index in [0.717, 1.165) is 11.8 Å². The lowest BCUT2D eigenvalue weighted by Gasteiger charge is -1.96. The van der Waals surface area contributed by atoms with Crippen LogP contribution in [0.15, 0.2) is 17.9 Å². The molecule has 2 N–H and O–H groups in total. The van der Waals surface area contributed by atoms with Gasteiger partial charge in [-0.2, -0.15) is 4.37 Å². The van der Waals surface area contributed by atoms with Crippen LogP contribution in [0.25, 0.3) is 0 Å². The summed E-state index contributed by atoms with van der Waals surface area (Å²) < 4.78 is 4.04. The Bertz CT molecular complexity index is 279. The summed E-state index contributed by atoms with van der Waals surface area (Å²) in [4.78, 5) is 10.9. The van der Waals surface area contributed by atoms with E-state index in [1.807, 2.05) is 0 Å². The Kier molecular flexibility index (Phi) is 2.00. The molecule has 0 aromatic carbocycles. The molecule has 2 heterocycles. The SMILES string of the molecule is c1c[nH]c(NCc2ncsn2)n1. The number of hydrogen-bond acceptors (Lipinski definition) is 5. The zero-order valence-corrected chi connectivity index (χ0v) is 7.01. The first-order chi connectivity index (χ1) is 5.95. The van der Waals surface area contributed by atoms with Crippen molar-refractivity contribution in [3.05, 3.63) is 23.7 Å². The zero-order valence-electron chi connectivity index (χ0n) is 6.19. The van der Waals surface area contributed by atoms with Crippen molar-refractivity contribution in [2.24, 2.45) is 0 Å². The summed E-state index contributed by atoms with van der Waals surface area (Å²) in [7, 11) is 0. The first kappa shape index (κ1) is 7.23. The standard InChI is InChI=1S/C6H7N5S/c1-2-8-6(7-1)9-3-5-10-4-12-11-5/h1-2,4H,3H2,(H2,7,8,9). The molecular formula is C6H7N5S. The van der Waals surface area contributed by atoms with Crippen LogP contribution in [-0.4, -0.2) is 19.3 Å². The van der Waals surface area contributed by atoms with E-state index in [4.69, 9.17) is 0 Å². The number of imidazole rings is 1. The summed E-state index contributed by atoms with van der Waals surface area (Å²) in [5.41, 5.74) is 1.71. The van der Waals surface area contributed by atoms with Crippen molar-refractivity contribution < 1.29 is 0 Å². The molecule has 62 valence electrons. The minimum Gasteiger partial charge on any atom is -0.348 e. The zero-order chi connectivity index (χ0) is 8.23. The van der Waals surface area contributed by atoms with Crippen LogP contribution in [0.5, 0.6) is 0 Å². The normalized spacial score (nSPS) is 10.0. The van der Waals surface area contributed by atoms with Gasteiger partial charge in [-0.3, -0.25) is 0 Å². The maximum absolute atomic E-state index is 4.04. The van der Waals surface area contributed by atoms with Crippen LogP contribution < -0.4 is 5.32 Å². The number of nitrogens with zero attached hydrogens (tertiary/aromatic N) is 3. The third-order valence-corrected chi connectivity index (χ3v) is 1.83. The summed E-state index contributed by atoms with van der Waals surface area (Å²) >= 11 is 1.35. The van der Waals surface area contributed by atoms with Crippen molar-refractivity contribution in [2.75, 3.05) is 5.32 Å². The summed E-state index contributed by atoms with van der Waals surface area (Å²) in [6.07, 6.45) is 3.45. The van der Waals surface area contributed by atoms with E-state index >= 15 is 0 Å². The lowest BCUT2D eigenvalue weighted by atomic mass is 10.6. The highest BCUT2D eigenvalue weighted by Crippen LogP contribution is 1.99. The molecule has 12 heavy (non-hydrogen) atoms. The minimum absolute atomic E-state index is 0.608.